The maximum atomic E-state index is 12.5. The molecule has 3 amide bonds. The van der Waals surface area contributed by atoms with E-state index in [0.717, 1.165) is 14.9 Å². The van der Waals surface area contributed by atoms with Gasteiger partial charge >= 0.3 is 0 Å². The molecule has 1 fully saturated rings. The lowest BCUT2D eigenvalue weighted by Crippen LogP contribution is -2.46. The second-order valence-electron chi connectivity index (χ2n) is 6.33. The van der Waals surface area contributed by atoms with Crippen LogP contribution in [0.25, 0.3) is 0 Å². The number of nitrogens with zero attached hydrogens (tertiary/aromatic N) is 1. The molecule has 1 saturated heterocycles. The lowest BCUT2D eigenvalue weighted by Gasteiger charge is -2.22. The molecule has 0 bridgehead atoms. The first-order valence-electron chi connectivity index (χ1n) is 7.99. The van der Waals surface area contributed by atoms with Gasteiger partial charge in [-0.1, -0.05) is 28.1 Å². The summed E-state index contributed by atoms with van der Waals surface area (Å²) in [6.07, 6.45) is 5.02. The van der Waals surface area contributed by atoms with Crippen LogP contribution in [-0.4, -0.2) is 28.7 Å². The Morgan fingerprint density at radius 2 is 1.79 bits per heavy atom. The van der Waals surface area contributed by atoms with E-state index in [9.17, 15) is 14.4 Å². The molecule has 5 nitrogen and oxygen atoms in total. The summed E-state index contributed by atoms with van der Waals surface area (Å²) in [6, 6.07) is 4.65. The van der Waals surface area contributed by atoms with Gasteiger partial charge < -0.3 is 5.32 Å². The Morgan fingerprint density at radius 1 is 1.21 bits per heavy atom. The molecule has 1 aliphatic heterocycles. The highest BCUT2D eigenvalue weighted by molar-refractivity contribution is 9.10. The van der Waals surface area contributed by atoms with Crippen LogP contribution in [0, 0.1) is 18.8 Å². The van der Waals surface area contributed by atoms with Gasteiger partial charge in [0.2, 0.25) is 17.7 Å². The molecule has 6 heteroatoms. The molecule has 0 spiro atoms. The fraction of sp³-hybridized carbons (Fsp3) is 0.389. The van der Waals surface area contributed by atoms with Crippen molar-refractivity contribution in [2.75, 3.05) is 5.32 Å². The summed E-state index contributed by atoms with van der Waals surface area (Å²) >= 11 is 3.41. The molecule has 0 saturated carbocycles. The van der Waals surface area contributed by atoms with Crippen molar-refractivity contribution in [3.8, 4) is 0 Å². The van der Waals surface area contributed by atoms with Crippen LogP contribution >= 0.6 is 15.9 Å². The van der Waals surface area contributed by atoms with Crippen LogP contribution in [0.4, 0.5) is 5.69 Å². The molecule has 0 aromatic heterocycles. The van der Waals surface area contributed by atoms with Crippen molar-refractivity contribution in [3.63, 3.8) is 0 Å². The molecular weight excluding hydrogens is 372 g/mol. The number of halogens is 1. The molecule has 1 N–H and O–H groups in total. The Balaban J connectivity index is 1.74. The van der Waals surface area contributed by atoms with E-state index in [1.54, 1.807) is 13.0 Å². The van der Waals surface area contributed by atoms with Crippen molar-refractivity contribution in [2.24, 2.45) is 11.8 Å². The highest BCUT2D eigenvalue weighted by Gasteiger charge is 2.50. The molecule has 126 valence electrons. The average molecular weight is 391 g/mol. The van der Waals surface area contributed by atoms with Crippen LogP contribution in [0.2, 0.25) is 0 Å². The minimum atomic E-state index is -0.820. The predicted octanol–water partition coefficient (Wildman–Crippen LogP) is 3.04. The van der Waals surface area contributed by atoms with Crippen LogP contribution in [0.5, 0.6) is 0 Å². The van der Waals surface area contributed by atoms with Crippen LogP contribution < -0.4 is 5.32 Å². The summed E-state index contributed by atoms with van der Waals surface area (Å²) in [4.78, 5) is 38.7. The monoisotopic (exact) mass is 390 g/mol. The Morgan fingerprint density at radius 3 is 2.33 bits per heavy atom. The van der Waals surface area contributed by atoms with Crippen molar-refractivity contribution in [2.45, 2.75) is 32.7 Å². The number of amides is 3. The van der Waals surface area contributed by atoms with E-state index in [1.807, 2.05) is 31.2 Å². The zero-order chi connectivity index (χ0) is 17.4. The molecule has 0 radical (unpaired) electrons. The van der Waals surface area contributed by atoms with E-state index in [0.29, 0.717) is 18.5 Å². The number of allylic oxidation sites excluding steroid dienone is 2. The number of carbonyl (C=O) groups excluding carboxylic acids is 3. The number of benzene rings is 1. The SMILES string of the molecule is Cc1cc(NC(=O)[C@H](C)N2C(=O)[C@H]3CC=CC[C@H]3C2=O)ccc1Br. The summed E-state index contributed by atoms with van der Waals surface area (Å²) in [6.45, 7) is 3.52. The maximum Gasteiger partial charge on any atom is 0.247 e. The molecule has 1 heterocycles. The van der Waals surface area contributed by atoms with Crippen molar-refractivity contribution in [1.29, 1.82) is 0 Å². The van der Waals surface area contributed by atoms with Crippen molar-refractivity contribution < 1.29 is 14.4 Å². The minimum absolute atomic E-state index is 0.232. The van der Waals surface area contributed by atoms with Crippen molar-refractivity contribution >= 4 is 39.3 Å². The number of rotatable bonds is 3. The summed E-state index contributed by atoms with van der Waals surface area (Å²) in [5.74, 6) is -1.45. The average Bonchev–Trinajstić information content (AvgIpc) is 2.82. The first-order chi connectivity index (χ1) is 11.4. The van der Waals surface area contributed by atoms with E-state index in [2.05, 4.69) is 21.2 Å². The zero-order valence-corrected chi connectivity index (χ0v) is 15.2. The van der Waals surface area contributed by atoms with Gasteiger partial charge in [0, 0.05) is 10.2 Å². The van der Waals surface area contributed by atoms with Gasteiger partial charge in [0.05, 0.1) is 11.8 Å². The number of fused-ring (bicyclic) bond motifs is 1. The smallest absolute Gasteiger partial charge is 0.247 e. The topological polar surface area (TPSA) is 66.5 Å². The lowest BCUT2D eigenvalue weighted by molar-refractivity contribution is -0.146. The maximum absolute atomic E-state index is 12.5. The molecule has 24 heavy (non-hydrogen) atoms. The van der Waals surface area contributed by atoms with Crippen molar-refractivity contribution in [1.82, 2.24) is 4.90 Å². The summed E-state index contributed by atoms with van der Waals surface area (Å²) in [5.41, 5.74) is 1.64. The summed E-state index contributed by atoms with van der Waals surface area (Å²) in [5, 5.41) is 2.79. The molecule has 1 aliphatic carbocycles. The summed E-state index contributed by atoms with van der Waals surface area (Å²) in [7, 11) is 0. The van der Waals surface area contributed by atoms with Gasteiger partial charge in [0.15, 0.2) is 0 Å². The van der Waals surface area contributed by atoms with Gasteiger partial charge in [-0.25, -0.2) is 0 Å². The van der Waals surface area contributed by atoms with Gasteiger partial charge in [-0.3, -0.25) is 19.3 Å². The molecule has 1 aromatic rings. The highest BCUT2D eigenvalue weighted by Crippen LogP contribution is 2.36. The van der Waals surface area contributed by atoms with E-state index in [4.69, 9.17) is 0 Å². The van der Waals surface area contributed by atoms with Gasteiger partial charge in [0.25, 0.3) is 0 Å². The number of carbonyl (C=O) groups is 3. The Bertz CT molecular complexity index is 718. The summed E-state index contributed by atoms with van der Waals surface area (Å²) < 4.78 is 0.954. The first kappa shape index (κ1) is 16.9. The van der Waals surface area contributed by atoms with E-state index in [1.165, 1.54) is 0 Å². The van der Waals surface area contributed by atoms with Gasteiger partial charge in [-0.2, -0.15) is 0 Å². The van der Waals surface area contributed by atoms with Gasteiger partial charge in [-0.15, -0.1) is 0 Å². The number of imide groups is 1. The second kappa shape index (κ2) is 6.51. The first-order valence-corrected chi connectivity index (χ1v) is 8.78. The van der Waals surface area contributed by atoms with E-state index < -0.39 is 6.04 Å². The van der Waals surface area contributed by atoms with Crippen LogP contribution in [0.1, 0.15) is 25.3 Å². The number of aryl methyl sites for hydroxylation is 1. The number of likely N-dealkylation sites (tertiary alicyclic amines) is 1. The lowest BCUT2D eigenvalue weighted by atomic mass is 9.85. The highest BCUT2D eigenvalue weighted by atomic mass is 79.9. The number of anilines is 1. The quantitative estimate of drug-likeness (QED) is 0.636. The van der Waals surface area contributed by atoms with E-state index in [-0.39, 0.29) is 29.6 Å². The Hall–Kier alpha value is -1.95. The number of hydrogen-bond acceptors (Lipinski definition) is 3. The van der Waals surface area contributed by atoms with Crippen LogP contribution in [0.3, 0.4) is 0 Å². The third kappa shape index (κ3) is 2.90. The standard InChI is InChI=1S/C18H19BrN2O3/c1-10-9-12(7-8-15(10)19)20-16(22)11(2)21-17(23)13-5-3-4-6-14(13)18(21)24/h3-4,7-9,11,13-14H,5-6H2,1-2H3,(H,20,22)/t11-,13-,14+/m0/s1. The third-order valence-corrected chi connectivity index (χ3v) is 5.62. The fourth-order valence-corrected chi connectivity index (χ4v) is 3.54. The molecule has 3 rings (SSSR count). The molecule has 1 aromatic carbocycles. The van der Waals surface area contributed by atoms with Crippen LogP contribution in [-0.2, 0) is 14.4 Å². The number of hydrogen-bond donors (Lipinski definition) is 1. The normalized spacial score (nSPS) is 24.0. The molecule has 3 atom stereocenters. The second-order valence-corrected chi connectivity index (χ2v) is 7.19. The van der Waals surface area contributed by atoms with Crippen LogP contribution in [0.15, 0.2) is 34.8 Å². The Labute approximate surface area is 149 Å². The molecular formula is C18H19BrN2O3. The minimum Gasteiger partial charge on any atom is -0.324 e. The van der Waals surface area contributed by atoms with E-state index >= 15 is 0 Å². The predicted molar refractivity (Wildman–Crippen MR) is 94.2 cm³/mol. The zero-order valence-electron chi connectivity index (χ0n) is 13.6. The van der Waals surface area contributed by atoms with Crippen molar-refractivity contribution in [3.05, 3.63) is 40.4 Å². The largest absolute Gasteiger partial charge is 0.324 e. The third-order valence-electron chi connectivity index (χ3n) is 4.73. The molecule has 2 aliphatic rings. The van der Waals surface area contributed by atoms with Gasteiger partial charge in [-0.05, 0) is 50.5 Å². The molecule has 0 unspecified atom stereocenters. The van der Waals surface area contributed by atoms with Gasteiger partial charge in [0.1, 0.15) is 6.04 Å². The fourth-order valence-electron chi connectivity index (χ4n) is 3.29. The number of nitrogens with one attached hydrogen (secondary N) is 1. The Kier molecular flexibility index (Phi) is 4.58.